The molecule has 1 saturated carbocycles. The van der Waals surface area contributed by atoms with E-state index in [-0.39, 0.29) is 24.2 Å². The van der Waals surface area contributed by atoms with Crippen molar-refractivity contribution < 1.29 is 19.4 Å². The molecule has 1 amide bonds. The van der Waals surface area contributed by atoms with Crippen molar-refractivity contribution in [2.75, 3.05) is 12.4 Å². The Bertz CT molecular complexity index is 639. The fourth-order valence-electron chi connectivity index (χ4n) is 3.57. The van der Waals surface area contributed by atoms with Gasteiger partial charge in [-0.15, -0.1) is 0 Å². The number of ether oxygens (including phenoxy) is 1. The molecule has 1 unspecified atom stereocenters. The molecule has 1 atom stereocenters. The van der Waals surface area contributed by atoms with Crippen molar-refractivity contribution in [3.05, 3.63) is 28.8 Å². The van der Waals surface area contributed by atoms with Gasteiger partial charge in [0.25, 0.3) is 5.91 Å². The number of ketones is 1. The van der Waals surface area contributed by atoms with Crippen molar-refractivity contribution in [3.63, 3.8) is 0 Å². The molecule has 0 aromatic heterocycles. The molecule has 1 heterocycles. The number of nitrogens with one attached hydrogen (secondary N) is 1. The first kappa shape index (κ1) is 16.4. The van der Waals surface area contributed by atoms with Gasteiger partial charge in [-0.2, -0.15) is 0 Å². The summed E-state index contributed by atoms with van der Waals surface area (Å²) in [7, 11) is 1.68. The predicted molar refractivity (Wildman–Crippen MR) is 86.4 cm³/mol. The number of carbonyl (C=O) groups excluding carboxylic acids is 2. The lowest BCUT2D eigenvalue weighted by atomic mass is 9.79. The van der Waals surface area contributed by atoms with E-state index in [0.717, 1.165) is 25.7 Å². The second-order valence-electron chi connectivity index (χ2n) is 6.33. The Kier molecular flexibility index (Phi) is 4.45. The van der Waals surface area contributed by atoms with E-state index in [4.69, 9.17) is 16.3 Å². The third-order valence-corrected chi connectivity index (χ3v) is 5.26. The van der Waals surface area contributed by atoms with Crippen LogP contribution in [-0.2, 0) is 19.9 Å². The van der Waals surface area contributed by atoms with E-state index in [1.54, 1.807) is 25.3 Å². The van der Waals surface area contributed by atoms with Crippen LogP contribution >= 0.6 is 11.6 Å². The molecule has 3 rings (SSSR count). The third kappa shape index (κ3) is 2.89. The summed E-state index contributed by atoms with van der Waals surface area (Å²) in [6.45, 7) is 0. The minimum atomic E-state index is -1.87. The van der Waals surface area contributed by atoms with E-state index in [1.807, 2.05) is 0 Å². The van der Waals surface area contributed by atoms with Gasteiger partial charge in [0.1, 0.15) is 5.78 Å². The smallest absolute Gasteiger partial charge is 0.261 e. The van der Waals surface area contributed by atoms with Gasteiger partial charge in [0.2, 0.25) is 0 Å². The Morgan fingerprint density at radius 2 is 2.09 bits per heavy atom. The lowest BCUT2D eigenvalue weighted by Crippen LogP contribution is -2.39. The SMILES string of the molecule is COC1CCC(C(=O)CC2(O)C(=O)Nc3cccc(Cl)c32)CC1. The number of carbonyl (C=O) groups is 2. The lowest BCUT2D eigenvalue weighted by molar-refractivity contribution is -0.142. The molecule has 1 fully saturated rings. The second kappa shape index (κ2) is 6.23. The van der Waals surface area contributed by atoms with Crippen LogP contribution in [0.3, 0.4) is 0 Å². The molecule has 2 aliphatic rings. The Labute approximate surface area is 140 Å². The Morgan fingerprint density at radius 1 is 1.39 bits per heavy atom. The summed E-state index contributed by atoms with van der Waals surface area (Å²) in [5, 5.41) is 13.7. The van der Waals surface area contributed by atoms with Crippen molar-refractivity contribution in [2.45, 2.75) is 43.8 Å². The zero-order chi connectivity index (χ0) is 16.6. The molecule has 0 saturated heterocycles. The lowest BCUT2D eigenvalue weighted by Gasteiger charge is -2.29. The Balaban J connectivity index is 1.78. The van der Waals surface area contributed by atoms with E-state index in [1.165, 1.54) is 0 Å². The minimum Gasteiger partial charge on any atom is -0.381 e. The van der Waals surface area contributed by atoms with Crippen molar-refractivity contribution in [1.82, 2.24) is 0 Å². The number of hydrogen-bond donors (Lipinski definition) is 2. The highest BCUT2D eigenvalue weighted by molar-refractivity contribution is 6.33. The van der Waals surface area contributed by atoms with Gasteiger partial charge in [0, 0.05) is 35.7 Å². The monoisotopic (exact) mass is 337 g/mol. The summed E-state index contributed by atoms with van der Waals surface area (Å²) >= 11 is 6.15. The number of hydrogen-bond acceptors (Lipinski definition) is 4. The molecule has 6 heteroatoms. The standard InChI is InChI=1S/C17H20ClNO4/c1-23-11-7-5-10(6-8-11)14(20)9-17(22)15-12(18)3-2-4-13(15)19-16(17)21/h2-4,10-11,22H,5-9H2,1H3,(H,19,21). The van der Waals surface area contributed by atoms with Gasteiger partial charge in [-0.3, -0.25) is 9.59 Å². The number of benzene rings is 1. The van der Waals surface area contributed by atoms with Crippen LogP contribution in [0.1, 0.15) is 37.7 Å². The van der Waals surface area contributed by atoms with E-state index in [9.17, 15) is 14.7 Å². The molecule has 124 valence electrons. The average Bonchev–Trinajstić information content (AvgIpc) is 2.79. The molecule has 1 aliphatic carbocycles. The maximum Gasteiger partial charge on any atom is 0.261 e. The van der Waals surface area contributed by atoms with E-state index in [0.29, 0.717) is 16.3 Å². The number of halogens is 1. The summed E-state index contributed by atoms with van der Waals surface area (Å²) in [5.74, 6) is -0.811. The molecular formula is C17H20ClNO4. The van der Waals surface area contributed by atoms with Crippen molar-refractivity contribution >= 4 is 29.0 Å². The first-order chi connectivity index (χ1) is 11.0. The number of methoxy groups -OCH3 is 1. The highest BCUT2D eigenvalue weighted by Crippen LogP contribution is 2.43. The fourth-order valence-corrected chi connectivity index (χ4v) is 3.90. The van der Waals surface area contributed by atoms with Gasteiger partial charge >= 0.3 is 0 Å². The maximum atomic E-state index is 12.6. The van der Waals surface area contributed by atoms with Crippen molar-refractivity contribution in [2.24, 2.45) is 5.92 Å². The maximum absolute atomic E-state index is 12.6. The van der Waals surface area contributed by atoms with Gasteiger partial charge in [-0.1, -0.05) is 17.7 Å². The highest BCUT2D eigenvalue weighted by Gasteiger charge is 2.49. The molecule has 1 aliphatic heterocycles. The third-order valence-electron chi connectivity index (χ3n) is 4.94. The van der Waals surface area contributed by atoms with Crippen molar-refractivity contribution in [3.8, 4) is 0 Å². The second-order valence-corrected chi connectivity index (χ2v) is 6.74. The number of rotatable bonds is 4. The quantitative estimate of drug-likeness (QED) is 0.885. The molecule has 2 N–H and O–H groups in total. The van der Waals surface area contributed by atoms with Crippen LogP contribution in [-0.4, -0.2) is 30.0 Å². The molecule has 1 aromatic carbocycles. The van der Waals surface area contributed by atoms with Gasteiger partial charge in [0.05, 0.1) is 6.10 Å². The Morgan fingerprint density at radius 3 is 2.74 bits per heavy atom. The molecule has 5 nitrogen and oxygen atoms in total. The normalized spacial score (nSPS) is 30.0. The molecule has 0 bridgehead atoms. The number of Topliss-reactive ketones (excluding diaryl/α,β-unsaturated/α-hetero) is 1. The minimum absolute atomic E-state index is 0.0926. The topological polar surface area (TPSA) is 75.6 Å². The van der Waals surface area contributed by atoms with Crippen LogP contribution in [0.5, 0.6) is 0 Å². The number of fused-ring (bicyclic) bond motifs is 1. The molecular weight excluding hydrogens is 318 g/mol. The first-order valence-corrected chi connectivity index (χ1v) is 8.22. The van der Waals surface area contributed by atoms with Crippen LogP contribution in [0.15, 0.2) is 18.2 Å². The zero-order valence-corrected chi connectivity index (χ0v) is 13.7. The first-order valence-electron chi connectivity index (χ1n) is 7.84. The summed E-state index contributed by atoms with van der Waals surface area (Å²) in [6.07, 6.45) is 3.07. The van der Waals surface area contributed by atoms with E-state index in [2.05, 4.69) is 5.32 Å². The highest BCUT2D eigenvalue weighted by atomic mass is 35.5. The number of aliphatic hydroxyl groups is 1. The van der Waals surface area contributed by atoms with Gasteiger partial charge in [0.15, 0.2) is 5.60 Å². The predicted octanol–water partition coefficient (Wildman–Crippen LogP) is 2.64. The van der Waals surface area contributed by atoms with Crippen LogP contribution in [0.4, 0.5) is 5.69 Å². The van der Waals surface area contributed by atoms with E-state index < -0.39 is 11.5 Å². The van der Waals surface area contributed by atoms with Crippen molar-refractivity contribution in [1.29, 1.82) is 0 Å². The summed E-state index contributed by atoms with van der Waals surface area (Å²) < 4.78 is 5.31. The molecule has 0 radical (unpaired) electrons. The van der Waals surface area contributed by atoms with Crippen LogP contribution in [0, 0.1) is 5.92 Å². The largest absolute Gasteiger partial charge is 0.381 e. The average molecular weight is 338 g/mol. The van der Waals surface area contributed by atoms with Gasteiger partial charge < -0.3 is 15.2 Å². The van der Waals surface area contributed by atoms with Gasteiger partial charge in [-0.25, -0.2) is 0 Å². The zero-order valence-electron chi connectivity index (χ0n) is 13.0. The van der Waals surface area contributed by atoms with Crippen LogP contribution in [0.25, 0.3) is 0 Å². The van der Waals surface area contributed by atoms with Gasteiger partial charge in [-0.05, 0) is 37.8 Å². The Hall–Kier alpha value is -1.43. The summed E-state index contributed by atoms with van der Waals surface area (Å²) in [5.41, 5.74) is -1.09. The number of anilines is 1. The fraction of sp³-hybridized carbons (Fsp3) is 0.529. The molecule has 0 spiro atoms. The summed E-state index contributed by atoms with van der Waals surface area (Å²) in [6, 6.07) is 4.98. The summed E-state index contributed by atoms with van der Waals surface area (Å²) in [4.78, 5) is 24.8. The van der Waals surface area contributed by atoms with Crippen LogP contribution < -0.4 is 5.32 Å². The molecule has 1 aromatic rings. The number of amides is 1. The van der Waals surface area contributed by atoms with Crippen LogP contribution in [0.2, 0.25) is 5.02 Å². The molecule has 23 heavy (non-hydrogen) atoms. The van der Waals surface area contributed by atoms with E-state index >= 15 is 0 Å².